The van der Waals surface area contributed by atoms with E-state index < -0.39 is 35.0 Å². The summed E-state index contributed by atoms with van der Waals surface area (Å²) in [6, 6.07) is 0. The number of rotatable bonds is 2. The first-order valence-electron chi connectivity index (χ1n) is 9.38. The zero-order valence-electron chi connectivity index (χ0n) is 16.2. The van der Waals surface area contributed by atoms with E-state index in [2.05, 4.69) is 0 Å². The minimum Gasteiger partial charge on any atom is -0.459 e. The van der Waals surface area contributed by atoms with Crippen LogP contribution >= 0.6 is 0 Å². The lowest BCUT2D eigenvalue weighted by Crippen LogP contribution is -2.66. The van der Waals surface area contributed by atoms with E-state index in [1.54, 1.807) is 26.8 Å². The van der Waals surface area contributed by atoms with Crippen LogP contribution in [0.3, 0.4) is 0 Å². The normalized spacial score (nSPS) is 48.4. The van der Waals surface area contributed by atoms with Crippen LogP contribution in [0.2, 0.25) is 0 Å². The highest BCUT2D eigenvalue weighted by Crippen LogP contribution is 2.70. The molecule has 0 aromatic heterocycles. The molecule has 27 heavy (non-hydrogen) atoms. The van der Waals surface area contributed by atoms with Gasteiger partial charge in [0.05, 0.1) is 12.2 Å². The molecule has 4 rings (SSSR count). The molecule has 2 aliphatic heterocycles. The third kappa shape index (κ3) is 2.13. The first-order chi connectivity index (χ1) is 12.5. The summed E-state index contributed by atoms with van der Waals surface area (Å²) in [7, 11) is 0. The van der Waals surface area contributed by atoms with E-state index >= 15 is 0 Å². The van der Waals surface area contributed by atoms with Crippen LogP contribution in [-0.4, -0.2) is 51.9 Å². The van der Waals surface area contributed by atoms with Gasteiger partial charge in [-0.2, -0.15) is 0 Å². The van der Waals surface area contributed by atoms with Crippen molar-refractivity contribution in [2.45, 2.75) is 77.2 Å². The number of carbonyl (C=O) groups excluding carboxylic acids is 2. The van der Waals surface area contributed by atoms with E-state index in [-0.39, 0.29) is 35.6 Å². The van der Waals surface area contributed by atoms with Crippen molar-refractivity contribution in [2.75, 3.05) is 0 Å². The average Bonchev–Trinajstić information content (AvgIpc) is 3.24. The molecule has 7 heteroatoms. The number of hydrogen-bond acceptors (Lipinski definition) is 7. The number of fused-ring (bicyclic) bond motifs is 1. The van der Waals surface area contributed by atoms with Crippen LogP contribution in [0.1, 0.15) is 47.5 Å². The molecule has 1 saturated heterocycles. The summed E-state index contributed by atoms with van der Waals surface area (Å²) in [5, 5.41) is 22.2. The van der Waals surface area contributed by atoms with Gasteiger partial charge in [-0.25, -0.2) is 9.59 Å². The maximum Gasteiger partial charge on any atom is 0.336 e. The van der Waals surface area contributed by atoms with Crippen molar-refractivity contribution in [3.63, 3.8) is 0 Å². The Balaban J connectivity index is 1.72. The first-order valence-corrected chi connectivity index (χ1v) is 9.38. The van der Waals surface area contributed by atoms with Gasteiger partial charge in [0.1, 0.15) is 11.7 Å². The summed E-state index contributed by atoms with van der Waals surface area (Å²) in [6.07, 6.45) is 0.400. The van der Waals surface area contributed by atoms with Crippen LogP contribution in [0.25, 0.3) is 0 Å². The molecule has 2 heterocycles. The van der Waals surface area contributed by atoms with Gasteiger partial charge in [0.25, 0.3) is 0 Å². The largest absolute Gasteiger partial charge is 0.459 e. The predicted octanol–water partition coefficient (Wildman–Crippen LogP) is 1.37. The zero-order chi connectivity index (χ0) is 19.9. The zero-order valence-corrected chi connectivity index (χ0v) is 16.2. The van der Waals surface area contributed by atoms with Crippen molar-refractivity contribution in [1.82, 2.24) is 0 Å². The Hall–Kier alpha value is -1.70. The molecule has 148 valence electrons. The molecule has 2 N–H and O–H groups in total. The molecule has 4 aliphatic rings. The Kier molecular flexibility index (Phi) is 3.75. The Bertz CT molecular complexity index is 798. The molecule has 2 saturated carbocycles. The topological polar surface area (TPSA) is 106 Å². The lowest BCUT2D eigenvalue weighted by molar-refractivity contribution is -0.228. The lowest BCUT2D eigenvalue weighted by Gasteiger charge is -2.55. The minimum atomic E-state index is -1.83. The number of carbonyl (C=O) groups is 2. The highest BCUT2D eigenvalue weighted by atomic mass is 16.7. The quantitative estimate of drug-likeness (QED) is 0.425. The van der Waals surface area contributed by atoms with Crippen molar-refractivity contribution in [3.8, 4) is 0 Å². The SMILES string of the molecule is C/C=C(/C)C(=O)O[C@H]1C[C@H]2O[C@]23C[C@]2(O)OC(=O)C(C)=C2[C@@H](O)[C@]3(C)[C@H]1C. The average molecular weight is 378 g/mol. The monoisotopic (exact) mass is 378 g/mol. The molecule has 0 aromatic carbocycles. The second-order valence-corrected chi connectivity index (χ2v) is 8.51. The van der Waals surface area contributed by atoms with Gasteiger partial charge in [0.2, 0.25) is 5.79 Å². The molecule has 0 amide bonds. The number of aliphatic hydroxyl groups excluding tert-OH is 1. The van der Waals surface area contributed by atoms with Crippen molar-refractivity contribution in [2.24, 2.45) is 11.3 Å². The van der Waals surface area contributed by atoms with Gasteiger partial charge < -0.3 is 24.4 Å². The fourth-order valence-corrected chi connectivity index (χ4v) is 5.34. The van der Waals surface area contributed by atoms with Gasteiger partial charge in [-0.1, -0.05) is 19.9 Å². The van der Waals surface area contributed by atoms with Gasteiger partial charge in [-0.3, -0.25) is 0 Å². The Morgan fingerprint density at radius 1 is 1.41 bits per heavy atom. The van der Waals surface area contributed by atoms with Gasteiger partial charge >= 0.3 is 11.9 Å². The van der Waals surface area contributed by atoms with E-state index in [1.807, 2.05) is 13.8 Å². The second-order valence-electron chi connectivity index (χ2n) is 8.51. The van der Waals surface area contributed by atoms with Crippen molar-refractivity contribution >= 4 is 11.9 Å². The third-order valence-corrected chi connectivity index (χ3v) is 7.43. The third-order valence-electron chi connectivity index (χ3n) is 7.43. The number of hydrogen-bond donors (Lipinski definition) is 2. The van der Waals surface area contributed by atoms with Crippen LogP contribution in [0.15, 0.2) is 22.8 Å². The molecule has 7 nitrogen and oxygen atoms in total. The summed E-state index contributed by atoms with van der Waals surface area (Å²) >= 11 is 0. The number of esters is 2. The van der Waals surface area contributed by atoms with Gasteiger partial charge in [0.15, 0.2) is 0 Å². The molecule has 3 fully saturated rings. The van der Waals surface area contributed by atoms with E-state index in [0.717, 1.165) is 0 Å². The van der Waals surface area contributed by atoms with E-state index in [0.29, 0.717) is 12.0 Å². The molecule has 0 bridgehead atoms. The minimum absolute atomic E-state index is 0.0789. The van der Waals surface area contributed by atoms with E-state index in [9.17, 15) is 19.8 Å². The molecule has 0 radical (unpaired) electrons. The highest BCUT2D eigenvalue weighted by Gasteiger charge is 2.81. The summed E-state index contributed by atoms with van der Waals surface area (Å²) < 4.78 is 16.9. The summed E-state index contributed by atoms with van der Waals surface area (Å²) in [4.78, 5) is 24.3. The van der Waals surface area contributed by atoms with E-state index in [1.165, 1.54) is 0 Å². The molecule has 0 aromatic rings. The number of ether oxygens (including phenoxy) is 3. The standard InChI is InChI=1S/C20H26O7/c1-6-9(2)16(22)25-12-7-13-19(26-13)8-20(24)14(10(3)17(23)27-20)15(21)18(19,5)11(12)4/h6,11-13,15,21,24H,7-8H2,1-5H3/b9-6-/t11-,12-,13+,15+,18-,19+,20-/m0/s1. The maximum atomic E-state index is 12.3. The molecule has 2 aliphatic carbocycles. The van der Waals surface area contributed by atoms with Crippen LogP contribution in [0, 0.1) is 11.3 Å². The van der Waals surface area contributed by atoms with Crippen molar-refractivity contribution in [1.29, 1.82) is 0 Å². The first kappa shape index (κ1) is 18.7. The fourth-order valence-electron chi connectivity index (χ4n) is 5.34. The van der Waals surface area contributed by atoms with Crippen LogP contribution in [0.4, 0.5) is 0 Å². The molecule has 7 atom stereocenters. The highest BCUT2D eigenvalue weighted by molar-refractivity contribution is 5.92. The van der Waals surface area contributed by atoms with E-state index in [4.69, 9.17) is 14.2 Å². The molecular formula is C20H26O7. The van der Waals surface area contributed by atoms with Crippen molar-refractivity contribution in [3.05, 3.63) is 22.8 Å². The van der Waals surface area contributed by atoms with Gasteiger partial charge in [0, 0.05) is 40.9 Å². The Morgan fingerprint density at radius 2 is 2.07 bits per heavy atom. The second kappa shape index (κ2) is 5.43. The predicted molar refractivity (Wildman–Crippen MR) is 93.2 cm³/mol. The smallest absolute Gasteiger partial charge is 0.336 e. The Morgan fingerprint density at radius 3 is 2.70 bits per heavy atom. The lowest BCUT2D eigenvalue weighted by atomic mass is 9.51. The number of epoxide rings is 1. The number of allylic oxidation sites excluding steroid dienone is 1. The summed E-state index contributed by atoms with van der Waals surface area (Å²) in [5.74, 6) is -3.09. The fraction of sp³-hybridized carbons (Fsp3) is 0.700. The van der Waals surface area contributed by atoms with Crippen molar-refractivity contribution < 1.29 is 34.0 Å². The van der Waals surface area contributed by atoms with Crippen LogP contribution in [0.5, 0.6) is 0 Å². The Labute approximate surface area is 158 Å². The summed E-state index contributed by atoms with van der Waals surface area (Å²) in [6.45, 7) is 8.82. The maximum absolute atomic E-state index is 12.3. The van der Waals surface area contributed by atoms with Crippen LogP contribution in [-0.2, 0) is 23.8 Å². The molecular weight excluding hydrogens is 352 g/mol. The van der Waals surface area contributed by atoms with Gasteiger partial charge in [-0.15, -0.1) is 0 Å². The molecule has 0 unspecified atom stereocenters. The van der Waals surface area contributed by atoms with Gasteiger partial charge in [-0.05, 0) is 20.8 Å². The van der Waals surface area contributed by atoms with Crippen LogP contribution < -0.4 is 0 Å². The number of aliphatic hydroxyl groups is 2. The molecule has 1 spiro atoms. The summed E-state index contributed by atoms with van der Waals surface area (Å²) in [5.41, 5.74) is -0.685.